The SMILES string of the molecule is COc1ccc(-c2oc3c(OC)c(OC)ccc3c(=O)c2F)cc1OC. The Morgan fingerprint density at radius 2 is 1.50 bits per heavy atom. The molecule has 3 aromatic rings. The lowest BCUT2D eigenvalue weighted by Gasteiger charge is -2.12. The molecule has 0 N–H and O–H groups in total. The Labute approximate surface area is 148 Å². The van der Waals surface area contributed by atoms with Crippen LogP contribution in [0.25, 0.3) is 22.3 Å². The van der Waals surface area contributed by atoms with Gasteiger partial charge in [-0.2, -0.15) is 4.39 Å². The molecule has 0 spiro atoms. The van der Waals surface area contributed by atoms with Gasteiger partial charge in [0.25, 0.3) is 0 Å². The van der Waals surface area contributed by atoms with Gasteiger partial charge in [-0.15, -0.1) is 0 Å². The largest absolute Gasteiger partial charge is 0.493 e. The molecule has 0 aliphatic heterocycles. The smallest absolute Gasteiger partial charge is 0.229 e. The fourth-order valence-electron chi connectivity index (χ4n) is 2.71. The van der Waals surface area contributed by atoms with Crippen molar-refractivity contribution in [2.45, 2.75) is 0 Å². The van der Waals surface area contributed by atoms with Gasteiger partial charge in [0.15, 0.2) is 28.6 Å². The highest BCUT2D eigenvalue weighted by molar-refractivity contribution is 5.87. The lowest BCUT2D eigenvalue weighted by atomic mass is 10.1. The van der Waals surface area contributed by atoms with Crippen molar-refractivity contribution in [2.24, 2.45) is 0 Å². The van der Waals surface area contributed by atoms with Gasteiger partial charge in [-0.1, -0.05) is 0 Å². The molecule has 0 aliphatic rings. The zero-order valence-electron chi connectivity index (χ0n) is 14.7. The zero-order chi connectivity index (χ0) is 18.8. The Balaban J connectivity index is 2.33. The van der Waals surface area contributed by atoms with Crippen molar-refractivity contribution in [1.82, 2.24) is 0 Å². The number of ether oxygens (including phenoxy) is 4. The van der Waals surface area contributed by atoms with E-state index in [9.17, 15) is 9.18 Å². The first-order valence-electron chi connectivity index (χ1n) is 7.65. The first-order chi connectivity index (χ1) is 12.5. The molecule has 7 heteroatoms. The van der Waals surface area contributed by atoms with Crippen molar-refractivity contribution < 1.29 is 27.8 Å². The molecular weight excluding hydrogens is 343 g/mol. The molecule has 0 saturated heterocycles. The van der Waals surface area contributed by atoms with E-state index >= 15 is 0 Å². The summed E-state index contributed by atoms with van der Waals surface area (Å²) < 4.78 is 41.3. The van der Waals surface area contributed by atoms with Gasteiger partial charge in [0.05, 0.1) is 33.8 Å². The second-order valence-corrected chi connectivity index (χ2v) is 5.32. The van der Waals surface area contributed by atoms with Crippen LogP contribution in [0.3, 0.4) is 0 Å². The first-order valence-corrected chi connectivity index (χ1v) is 7.65. The van der Waals surface area contributed by atoms with Crippen LogP contribution in [0, 0.1) is 5.82 Å². The van der Waals surface area contributed by atoms with Gasteiger partial charge in [0.1, 0.15) is 0 Å². The van der Waals surface area contributed by atoms with Crippen LogP contribution < -0.4 is 24.4 Å². The molecule has 26 heavy (non-hydrogen) atoms. The lowest BCUT2D eigenvalue weighted by molar-refractivity contribution is 0.352. The van der Waals surface area contributed by atoms with Gasteiger partial charge in [-0.3, -0.25) is 4.79 Å². The van der Waals surface area contributed by atoms with Crippen molar-refractivity contribution >= 4 is 11.0 Å². The molecule has 3 rings (SSSR count). The standard InChI is InChI=1S/C19H17FO6/c1-22-12-7-5-10(9-14(12)24-3)17-15(20)16(21)11-6-8-13(23-2)19(25-4)18(11)26-17/h5-9H,1-4H3. The Kier molecular flexibility index (Phi) is 4.71. The summed E-state index contributed by atoms with van der Waals surface area (Å²) in [4.78, 5) is 12.5. The molecule has 1 aromatic heterocycles. The van der Waals surface area contributed by atoms with Crippen molar-refractivity contribution in [2.75, 3.05) is 28.4 Å². The number of halogens is 1. The summed E-state index contributed by atoms with van der Waals surface area (Å²) in [6, 6.07) is 7.65. The van der Waals surface area contributed by atoms with E-state index in [0.717, 1.165) is 0 Å². The molecule has 0 aliphatic carbocycles. The van der Waals surface area contributed by atoms with Crippen LogP contribution in [0.5, 0.6) is 23.0 Å². The minimum Gasteiger partial charge on any atom is -0.493 e. The van der Waals surface area contributed by atoms with Crippen LogP contribution in [-0.4, -0.2) is 28.4 Å². The van der Waals surface area contributed by atoms with Gasteiger partial charge < -0.3 is 23.4 Å². The highest BCUT2D eigenvalue weighted by Gasteiger charge is 2.21. The van der Waals surface area contributed by atoms with E-state index in [1.807, 2.05) is 0 Å². The molecule has 0 amide bonds. The Bertz CT molecular complexity index is 1020. The molecule has 0 unspecified atom stereocenters. The van der Waals surface area contributed by atoms with E-state index in [4.69, 9.17) is 23.4 Å². The van der Waals surface area contributed by atoms with E-state index < -0.39 is 11.2 Å². The van der Waals surface area contributed by atoms with E-state index in [-0.39, 0.29) is 22.5 Å². The zero-order valence-corrected chi connectivity index (χ0v) is 14.7. The summed E-state index contributed by atoms with van der Waals surface area (Å²) >= 11 is 0. The monoisotopic (exact) mass is 360 g/mol. The second kappa shape index (κ2) is 6.95. The average Bonchev–Trinajstić information content (AvgIpc) is 2.68. The highest BCUT2D eigenvalue weighted by Crippen LogP contribution is 2.38. The second-order valence-electron chi connectivity index (χ2n) is 5.32. The summed E-state index contributed by atoms with van der Waals surface area (Å²) in [6.45, 7) is 0. The number of hydrogen-bond acceptors (Lipinski definition) is 6. The Morgan fingerprint density at radius 3 is 2.12 bits per heavy atom. The van der Waals surface area contributed by atoms with E-state index in [1.54, 1.807) is 12.1 Å². The van der Waals surface area contributed by atoms with E-state index in [2.05, 4.69) is 0 Å². The van der Waals surface area contributed by atoms with E-state index in [0.29, 0.717) is 22.8 Å². The van der Waals surface area contributed by atoms with Gasteiger partial charge in [0, 0.05) is 5.56 Å². The lowest BCUT2D eigenvalue weighted by Crippen LogP contribution is -2.09. The van der Waals surface area contributed by atoms with Gasteiger partial charge in [-0.05, 0) is 30.3 Å². The van der Waals surface area contributed by atoms with Crippen LogP contribution in [-0.2, 0) is 0 Å². The minimum atomic E-state index is -1.00. The molecule has 0 saturated carbocycles. The quantitative estimate of drug-likeness (QED) is 0.692. The average molecular weight is 360 g/mol. The maximum atomic E-state index is 14.7. The van der Waals surface area contributed by atoms with Crippen molar-refractivity contribution in [3.8, 4) is 34.3 Å². The Morgan fingerprint density at radius 1 is 0.846 bits per heavy atom. The molecule has 136 valence electrons. The summed E-state index contributed by atoms with van der Waals surface area (Å²) in [5.41, 5.74) is -0.371. The predicted molar refractivity (Wildman–Crippen MR) is 94.1 cm³/mol. The summed E-state index contributed by atoms with van der Waals surface area (Å²) in [5, 5.41) is 0.0596. The summed E-state index contributed by atoms with van der Waals surface area (Å²) in [5.74, 6) is 0.201. The molecule has 0 atom stereocenters. The number of methoxy groups -OCH3 is 4. The van der Waals surface area contributed by atoms with Gasteiger partial charge in [-0.25, -0.2) is 0 Å². The maximum absolute atomic E-state index is 14.7. The van der Waals surface area contributed by atoms with Crippen LogP contribution in [0.15, 0.2) is 39.5 Å². The third-order valence-electron chi connectivity index (χ3n) is 3.99. The van der Waals surface area contributed by atoms with E-state index in [1.165, 1.54) is 46.6 Å². The molecular formula is C19H17FO6. The summed E-state index contributed by atoms with van der Waals surface area (Å²) in [6.07, 6.45) is 0. The van der Waals surface area contributed by atoms with Crippen molar-refractivity contribution in [3.63, 3.8) is 0 Å². The third-order valence-corrected chi connectivity index (χ3v) is 3.99. The molecule has 0 bridgehead atoms. The molecule has 0 fully saturated rings. The summed E-state index contributed by atoms with van der Waals surface area (Å²) in [7, 11) is 5.82. The number of fused-ring (bicyclic) bond motifs is 1. The predicted octanol–water partition coefficient (Wildman–Crippen LogP) is 3.63. The molecule has 2 aromatic carbocycles. The van der Waals surface area contributed by atoms with Crippen LogP contribution in [0.1, 0.15) is 0 Å². The normalized spacial score (nSPS) is 10.7. The number of rotatable bonds is 5. The molecule has 1 heterocycles. The van der Waals surface area contributed by atoms with Crippen molar-refractivity contribution in [1.29, 1.82) is 0 Å². The minimum absolute atomic E-state index is 0.0596. The van der Waals surface area contributed by atoms with Crippen LogP contribution in [0.4, 0.5) is 4.39 Å². The van der Waals surface area contributed by atoms with Gasteiger partial charge >= 0.3 is 0 Å². The Hall–Kier alpha value is -3.22. The maximum Gasteiger partial charge on any atom is 0.229 e. The number of hydrogen-bond donors (Lipinski definition) is 0. The molecule has 0 radical (unpaired) electrons. The fourth-order valence-corrected chi connectivity index (χ4v) is 2.71. The fraction of sp³-hybridized carbons (Fsp3) is 0.211. The highest BCUT2D eigenvalue weighted by atomic mass is 19.1. The van der Waals surface area contributed by atoms with Crippen molar-refractivity contribution in [3.05, 3.63) is 46.4 Å². The van der Waals surface area contributed by atoms with Gasteiger partial charge in [0.2, 0.25) is 17.0 Å². The number of benzene rings is 2. The third kappa shape index (κ3) is 2.71. The molecule has 6 nitrogen and oxygen atoms in total. The van der Waals surface area contributed by atoms with Crippen LogP contribution >= 0.6 is 0 Å². The topological polar surface area (TPSA) is 67.1 Å². The first kappa shape index (κ1) is 17.6. The van der Waals surface area contributed by atoms with Crippen LogP contribution in [0.2, 0.25) is 0 Å².